The molecule has 0 amide bonds. The molecule has 0 aromatic carbocycles. The van der Waals surface area contributed by atoms with Crippen LogP contribution in [0.4, 0.5) is 0 Å². The Bertz CT molecular complexity index is 316. The minimum absolute atomic E-state index is 0.152. The largest absolute Gasteiger partial charge is 0.475 e. The van der Waals surface area contributed by atoms with Crippen molar-refractivity contribution in [2.45, 2.75) is 45.8 Å². The molecule has 0 aliphatic heterocycles. The van der Waals surface area contributed by atoms with Gasteiger partial charge in [-0.1, -0.05) is 6.07 Å². The van der Waals surface area contributed by atoms with Crippen molar-refractivity contribution in [1.29, 1.82) is 0 Å². The molecular weight excluding hydrogens is 188 g/mol. The second-order valence-corrected chi connectivity index (χ2v) is 4.80. The fourth-order valence-electron chi connectivity index (χ4n) is 1.33. The molecule has 3 heteroatoms. The molecule has 1 aromatic rings. The number of pyridine rings is 1. The average molecular weight is 208 g/mol. The monoisotopic (exact) mass is 208 g/mol. The lowest BCUT2D eigenvalue weighted by Crippen LogP contribution is -2.34. The highest BCUT2D eigenvalue weighted by Gasteiger charge is 2.13. The Labute approximate surface area is 91.7 Å². The number of rotatable bonds is 4. The molecule has 0 radical (unpaired) electrons. The van der Waals surface area contributed by atoms with Gasteiger partial charge in [-0.25, -0.2) is 4.98 Å². The van der Waals surface area contributed by atoms with Crippen molar-refractivity contribution >= 4 is 0 Å². The molecule has 0 unspecified atom stereocenters. The zero-order chi connectivity index (χ0) is 11.5. The number of hydrogen-bond donors (Lipinski definition) is 1. The summed E-state index contributed by atoms with van der Waals surface area (Å²) in [5, 5.41) is 0. The molecule has 1 rings (SSSR count). The van der Waals surface area contributed by atoms with Gasteiger partial charge in [0, 0.05) is 23.7 Å². The van der Waals surface area contributed by atoms with E-state index in [4.69, 9.17) is 10.5 Å². The smallest absolute Gasteiger partial charge is 0.213 e. The molecule has 84 valence electrons. The van der Waals surface area contributed by atoms with E-state index in [0.717, 1.165) is 12.1 Å². The standard InChI is InChI=1S/C12H20N2O/c1-9(2)15-11-7-5-6-10(14-11)8-12(3,4)13/h5-7,9H,8,13H2,1-4H3. The number of nitrogens with two attached hydrogens (primary N) is 1. The van der Waals surface area contributed by atoms with Gasteiger partial charge in [-0.2, -0.15) is 0 Å². The van der Waals surface area contributed by atoms with Crippen molar-refractivity contribution in [2.75, 3.05) is 0 Å². The van der Waals surface area contributed by atoms with E-state index < -0.39 is 0 Å². The molecule has 0 spiro atoms. The van der Waals surface area contributed by atoms with E-state index in [9.17, 15) is 0 Å². The first kappa shape index (κ1) is 12.0. The molecule has 0 fully saturated rings. The van der Waals surface area contributed by atoms with Gasteiger partial charge in [0.2, 0.25) is 5.88 Å². The van der Waals surface area contributed by atoms with Crippen molar-refractivity contribution in [2.24, 2.45) is 5.73 Å². The maximum absolute atomic E-state index is 5.94. The highest BCUT2D eigenvalue weighted by atomic mass is 16.5. The van der Waals surface area contributed by atoms with Crippen molar-refractivity contribution < 1.29 is 4.74 Å². The molecule has 15 heavy (non-hydrogen) atoms. The summed E-state index contributed by atoms with van der Waals surface area (Å²) in [5.41, 5.74) is 6.68. The van der Waals surface area contributed by atoms with Gasteiger partial charge in [0.25, 0.3) is 0 Å². The zero-order valence-corrected chi connectivity index (χ0v) is 9.95. The first-order chi connectivity index (χ1) is 6.87. The first-order valence-electron chi connectivity index (χ1n) is 5.28. The van der Waals surface area contributed by atoms with Crippen LogP contribution < -0.4 is 10.5 Å². The summed E-state index contributed by atoms with van der Waals surface area (Å²) in [6.45, 7) is 7.96. The molecule has 2 N–H and O–H groups in total. The molecule has 0 aliphatic carbocycles. The van der Waals surface area contributed by atoms with Gasteiger partial charge in [0.05, 0.1) is 6.10 Å². The SMILES string of the molecule is CC(C)Oc1cccc(CC(C)(C)N)n1. The summed E-state index contributed by atoms with van der Waals surface area (Å²) in [6, 6.07) is 5.79. The van der Waals surface area contributed by atoms with Gasteiger partial charge in [-0.05, 0) is 33.8 Å². The van der Waals surface area contributed by atoms with Crippen LogP contribution in [0.2, 0.25) is 0 Å². The second kappa shape index (κ2) is 4.62. The van der Waals surface area contributed by atoms with Crippen LogP contribution in [0.5, 0.6) is 5.88 Å². The zero-order valence-electron chi connectivity index (χ0n) is 9.95. The van der Waals surface area contributed by atoms with Crippen LogP contribution in [0.15, 0.2) is 18.2 Å². The number of aromatic nitrogens is 1. The Morgan fingerprint density at radius 3 is 2.60 bits per heavy atom. The maximum atomic E-state index is 5.94. The fourth-order valence-corrected chi connectivity index (χ4v) is 1.33. The van der Waals surface area contributed by atoms with Crippen LogP contribution in [-0.4, -0.2) is 16.6 Å². The van der Waals surface area contributed by atoms with Gasteiger partial charge in [0.15, 0.2) is 0 Å². The van der Waals surface area contributed by atoms with Crippen molar-refractivity contribution in [3.63, 3.8) is 0 Å². The van der Waals surface area contributed by atoms with Gasteiger partial charge >= 0.3 is 0 Å². The quantitative estimate of drug-likeness (QED) is 0.824. The number of ether oxygens (including phenoxy) is 1. The van der Waals surface area contributed by atoms with Crippen molar-refractivity contribution in [3.8, 4) is 5.88 Å². The predicted molar refractivity (Wildman–Crippen MR) is 62.0 cm³/mol. The van der Waals surface area contributed by atoms with Crippen molar-refractivity contribution in [3.05, 3.63) is 23.9 Å². The van der Waals surface area contributed by atoms with Gasteiger partial charge in [0.1, 0.15) is 0 Å². The molecule has 1 heterocycles. The summed E-state index contributed by atoms with van der Waals surface area (Å²) in [5.74, 6) is 0.673. The topological polar surface area (TPSA) is 48.1 Å². The summed E-state index contributed by atoms with van der Waals surface area (Å²) in [7, 11) is 0. The predicted octanol–water partition coefficient (Wildman–Crippen LogP) is 2.15. The lowest BCUT2D eigenvalue weighted by Gasteiger charge is -2.18. The molecule has 1 aromatic heterocycles. The second-order valence-electron chi connectivity index (χ2n) is 4.80. The molecule has 0 saturated carbocycles. The van der Waals surface area contributed by atoms with Crippen LogP contribution in [0.3, 0.4) is 0 Å². The summed E-state index contributed by atoms with van der Waals surface area (Å²) in [6.07, 6.45) is 0.904. The molecule has 0 atom stereocenters. The van der Waals surface area contributed by atoms with Crippen LogP contribution in [0.1, 0.15) is 33.4 Å². The molecule has 3 nitrogen and oxygen atoms in total. The Morgan fingerprint density at radius 2 is 2.07 bits per heavy atom. The fraction of sp³-hybridized carbons (Fsp3) is 0.583. The summed E-state index contributed by atoms with van der Waals surface area (Å²) < 4.78 is 5.52. The van der Waals surface area contributed by atoms with E-state index in [1.165, 1.54) is 0 Å². The van der Waals surface area contributed by atoms with E-state index in [2.05, 4.69) is 4.98 Å². The Balaban J connectivity index is 2.74. The van der Waals surface area contributed by atoms with E-state index in [-0.39, 0.29) is 11.6 Å². The van der Waals surface area contributed by atoms with E-state index >= 15 is 0 Å². The van der Waals surface area contributed by atoms with Crippen LogP contribution in [0, 0.1) is 0 Å². The van der Waals surface area contributed by atoms with Gasteiger partial charge in [-0.3, -0.25) is 0 Å². The number of nitrogens with zero attached hydrogens (tertiary/aromatic N) is 1. The molecule has 0 bridgehead atoms. The van der Waals surface area contributed by atoms with Crippen LogP contribution >= 0.6 is 0 Å². The minimum atomic E-state index is -0.233. The highest BCUT2D eigenvalue weighted by Crippen LogP contribution is 2.13. The highest BCUT2D eigenvalue weighted by molar-refractivity contribution is 5.17. The maximum Gasteiger partial charge on any atom is 0.213 e. The average Bonchev–Trinajstić information content (AvgIpc) is 1.99. The van der Waals surface area contributed by atoms with Crippen LogP contribution in [0.25, 0.3) is 0 Å². The van der Waals surface area contributed by atoms with Crippen molar-refractivity contribution in [1.82, 2.24) is 4.98 Å². The summed E-state index contributed by atoms with van der Waals surface area (Å²) >= 11 is 0. The lowest BCUT2D eigenvalue weighted by molar-refractivity contribution is 0.232. The summed E-state index contributed by atoms with van der Waals surface area (Å²) in [4.78, 5) is 4.40. The molecule has 0 saturated heterocycles. The first-order valence-corrected chi connectivity index (χ1v) is 5.28. The lowest BCUT2D eigenvalue weighted by atomic mass is 10.00. The Kier molecular flexibility index (Phi) is 3.69. The minimum Gasteiger partial charge on any atom is -0.475 e. The normalized spacial score (nSPS) is 11.9. The van der Waals surface area contributed by atoms with Gasteiger partial charge in [-0.15, -0.1) is 0 Å². The third-order valence-corrected chi connectivity index (χ3v) is 1.77. The molecular formula is C12H20N2O. The third-order valence-electron chi connectivity index (χ3n) is 1.77. The van der Waals surface area contributed by atoms with E-state index in [0.29, 0.717) is 5.88 Å². The van der Waals surface area contributed by atoms with E-state index in [1.54, 1.807) is 0 Å². The van der Waals surface area contributed by atoms with E-state index in [1.807, 2.05) is 45.9 Å². The van der Waals surface area contributed by atoms with Gasteiger partial charge < -0.3 is 10.5 Å². The molecule has 0 aliphatic rings. The third kappa shape index (κ3) is 4.79. The Morgan fingerprint density at radius 1 is 1.40 bits per heavy atom. The number of hydrogen-bond acceptors (Lipinski definition) is 3. The van der Waals surface area contributed by atoms with Crippen LogP contribution in [-0.2, 0) is 6.42 Å². The Hall–Kier alpha value is -1.09.